The molecule has 22 heavy (non-hydrogen) atoms. The standard InChI is InChI=1S/C18H16BrNO2/c1-2-22-18(21)10-14-11-20-17-8-5-13(9-16(14)17)12-3-6-15(19)7-4-12/h3-9,11,20H,2,10H2,1H3. The van der Waals surface area contributed by atoms with E-state index in [-0.39, 0.29) is 12.4 Å². The molecule has 0 saturated carbocycles. The largest absolute Gasteiger partial charge is 0.466 e. The fraction of sp³-hybridized carbons (Fsp3) is 0.167. The van der Waals surface area contributed by atoms with Crippen molar-refractivity contribution in [3.63, 3.8) is 0 Å². The lowest BCUT2D eigenvalue weighted by Crippen LogP contribution is -2.06. The number of halogens is 1. The second-order valence-corrected chi connectivity index (χ2v) is 5.98. The Morgan fingerprint density at radius 1 is 1.14 bits per heavy atom. The number of rotatable bonds is 4. The Kier molecular flexibility index (Phi) is 4.29. The molecule has 0 unspecified atom stereocenters. The van der Waals surface area contributed by atoms with Gasteiger partial charge in [-0.1, -0.05) is 34.1 Å². The van der Waals surface area contributed by atoms with Crippen LogP contribution in [0.2, 0.25) is 0 Å². The van der Waals surface area contributed by atoms with Gasteiger partial charge in [0.05, 0.1) is 13.0 Å². The van der Waals surface area contributed by atoms with Gasteiger partial charge in [-0.3, -0.25) is 4.79 Å². The van der Waals surface area contributed by atoms with Gasteiger partial charge >= 0.3 is 5.97 Å². The summed E-state index contributed by atoms with van der Waals surface area (Å²) >= 11 is 3.45. The quantitative estimate of drug-likeness (QED) is 0.687. The van der Waals surface area contributed by atoms with Gasteiger partial charge in [-0.2, -0.15) is 0 Å². The number of nitrogens with one attached hydrogen (secondary N) is 1. The summed E-state index contributed by atoms with van der Waals surface area (Å²) in [5.74, 6) is -0.197. The molecule has 0 aliphatic carbocycles. The first kappa shape index (κ1) is 14.9. The topological polar surface area (TPSA) is 42.1 Å². The maximum absolute atomic E-state index is 11.7. The summed E-state index contributed by atoms with van der Waals surface area (Å²) in [6.07, 6.45) is 2.17. The molecule has 0 aliphatic rings. The molecule has 4 heteroatoms. The van der Waals surface area contributed by atoms with Crippen LogP contribution in [-0.2, 0) is 16.0 Å². The number of ether oxygens (including phenoxy) is 1. The molecule has 0 radical (unpaired) electrons. The van der Waals surface area contributed by atoms with Crippen LogP contribution < -0.4 is 0 Å². The minimum Gasteiger partial charge on any atom is -0.466 e. The molecule has 3 aromatic rings. The van der Waals surface area contributed by atoms with Gasteiger partial charge in [0, 0.05) is 21.6 Å². The Hall–Kier alpha value is -2.07. The molecule has 3 nitrogen and oxygen atoms in total. The van der Waals surface area contributed by atoms with Crippen LogP contribution in [0, 0.1) is 0 Å². The number of H-pyrrole nitrogens is 1. The minimum absolute atomic E-state index is 0.197. The van der Waals surface area contributed by atoms with Crippen molar-refractivity contribution < 1.29 is 9.53 Å². The molecule has 0 spiro atoms. The van der Waals surface area contributed by atoms with Gasteiger partial charge in [0.1, 0.15) is 0 Å². The van der Waals surface area contributed by atoms with E-state index >= 15 is 0 Å². The maximum Gasteiger partial charge on any atom is 0.310 e. The molecule has 0 aliphatic heterocycles. The first-order chi connectivity index (χ1) is 10.7. The van der Waals surface area contributed by atoms with Crippen molar-refractivity contribution in [2.75, 3.05) is 6.61 Å². The van der Waals surface area contributed by atoms with Crippen LogP contribution in [0.4, 0.5) is 0 Å². The highest BCUT2D eigenvalue weighted by molar-refractivity contribution is 9.10. The predicted molar refractivity (Wildman–Crippen MR) is 91.8 cm³/mol. The molecule has 0 saturated heterocycles. The van der Waals surface area contributed by atoms with Crippen molar-refractivity contribution in [3.05, 3.63) is 58.7 Å². The highest BCUT2D eigenvalue weighted by atomic mass is 79.9. The highest BCUT2D eigenvalue weighted by Gasteiger charge is 2.10. The Bertz CT molecular complexity index is 806. The molecule has 0 fully saturated rings. The first-order valence-electron chi connectivity index (χ1n) is 7.19. The Morgan fingerprint density at radius 2 is 1.86 bits per heavy atom. The average Bonchev–Trinajstić information content (AvgIpc) is 2.90. The summed E-state index contributed by atoms with van der Waals surface area (Å²) in [5.41, 5.74) is 4.27. The molecule has 1 N–H and O–H groups in total. The first-order valence-corrected chi connectivity index (χ1v) is 7.98. The normalized spacial score (nSPS) is 10.8. The number of aromatic amines is 1. The summed E-state index contributed by atoms with van der Waals surface area (Å²) in [6, 6.07) is 14.4. The van der Waals surface area contributed by atoms with E-state index in [9.17, 15) is 4.79 Å². The van der Waals surface area contributed by atoms with E-state index in [1.165, 1.54) is 0 Å². The van der Waals surface area contributed by atoms with Crippen molar-refractivity contribution in [3.8, 4) is 11.1 Å². The zero-order valence-corrected chi connectivity index (χ0v) is 13.8. The maximum atomic E-state index is 11.7. The van der Waals surface area contributed by atoms with Crippen LogP contribution >= 0.6 is 15.9 Å². The number of fused-ring (bicyclic) bond motifs is 1. The number of carbonyl (C=O) groups is 1. The predicted octanol–water partition coefficient (Wildman–Crippen LogP) is 4.70. The van der Waals surface area contributed by atoms with Gasteiger partial charge in [0.15, 0.2) is 0 Å². The van der Waals surface area contributed by atoms with Crippen molar-refractivity contribution in [2.24, 2.45) is 0 Å². The SMILES string of the molecule is CCOC(=O)Cc1c[nH]c2ccc(-c3ccc(Br)cc3)cc12. The van der Waals surface area contributed by atoms with E-state index < -0.39 is 0 Å². The zero-order chi connectivity index (χ0) is 15.5. The van der Waals surface area contributed by atoms with Crippen molar-refractivity contribution >= 4 is 32.8 Å². The number of carbonyl (C=O) groups excluding carboxylic acids is 1. The number of benzene rings is 2. The molecule has 3 rings (SSSR count). The minimum atomic E-state index is -0.197. The average molecular weight is 358 g/mol. The van der Waals surface area contributed by atoms with E-state index in [4.69, 9.17) is 4.74 Å². The fourth-order valence-electron chi connectivity index (χ4n) is 2.51. The number of aromatic nitrogens is 1. The van der Waals surface area contributed by atoms with E-state index in [0.29, 0.717) is 6.61 Å². The van der Waals surface area contributed by atoms with Crippen molar-refractivity contribution in [1.82, 2.24) is 4.98 Å². The van der Waals surface area contributed by atoms with Gasteiger partial charge in [-0.25, -0.2) is 0 Å². The van der Waals surface area contributed by atoms with Gasteiger partial charge in [0.2, 0.25) is 0 Å². The van der Waals surface area contributed by atoms with E-state index in [0.717, 1.165) is 32.1 Å². The number of hydrogen-bond donors (Lipinski definition) is 1. The Balaban J connectivity index is 1.97. The second-order valence-electron chi connectivity index (χ2n) is 5.06. The van der Waals surface area contributed by atoms with Crippen LogP contribution in [0.5, 0.6) is 0 Å². The van der Waals surface area contributed by atoms with E-state index in [1.54, 1.807) is 0 Å². The van der Waals surface area contributed by atoms with Gasteiger partial charge in [0.25, 0.3) is 0 Å². The summed E-state index contributed by atoms with van der Waals surface area (Å²) in [6.45, 7) is 2.23. The summed E-state index contributed by atoms with van der Waals surface area (Å²) < 4.78 is 6.09. The third kappa shape index (κ3) is 3.07. The highest BCUT2D eigenvalue weighted by Crippen LogP contribution is 2.27. The molecule has 0 amide bonds. The fourth-order valence-corrected chi connectivity index (χ4v) is 2.78. The molecule has 2 aromatic carbocycles. The molecule has 0 bridgehead atoms. The van der Waals surface area contributed by atoms with Gasteiger partial charge in [-0.05, 0) is 47.9 Å². The van der Waals surface area contributed by atoms with Crippen LogP contribution in [0.15, 0.2) is 53.1 Å². The molecule has 1 aromatic heterocycles. The zero-order valence-electron chi connectivity index (χ0n) is 12.2. The van der Waals surface area contributed by atoms with Crippen LogP contribution in [-0.4, -0.2) is 17.6 Å². The molecular formula is C18H16BrNO2. The molecule has 1 heterocycles. The summed E-state index contributed by atoms with van der Waals surface area (Å²) in [4.78, 5) is 14.9. The molecule has 0 atom stereocenters. The summed E-state index contributed by atoms with van der Waals surface area (Å²) in [5, 5.41) is 1.06. The monoisotopic (exact) mass is 357 g/mol. The Labute approximate surface area is 137 Å². The van der Waals surface area contributed by atoms with Crippen molar-refractivity contribution in [2.45, 2.75) is 13.3 Å². The molecular weight excluding hydrogens is 342 g/mol. The van der Waals surface area contributed by atoms with Gasteiger partial charge in [-0.15, -0.1) is 0 Å². The Morgan fingerprint density at radius 3 is 2.59 bits per heavy atom. The number of hydrogen-bond acceptors (Lipinski definition) is 2. The lowest BCUT2D eigenvalue weighted by Gasteiger charge is -2.04. The molecule has 112 valence electrons. The second kappa shape index (κ2) is 6.36. The number of esters is 1. The third-order valence-corrected chi connectivity index (χ3v) is 4.11. The summed E-state index contributed by atoms with van der Waals surface area (Å²) in [7, 11) is 0. The van der Waals surface area contributed by atoms with Crippen LogP contribution in [0.1, 0.15) is 12.5 Å². The van der Waals surface area contributed by atoms with Crippen LogP contribution in [0.25, 0.3) is 22.0 Å². The van der Waals surface area contributed by atoms with Crippen LogP contribution in [0.3, 0.4) is 0 Å². The van der Waals surface area contributed by atoms with Gasteiger partial charge < -0.3 is 9.72 Å². The lowest BCUT2D eigenvalue weighted by molar-refractivity contribution is -0.142. The van der Waals surface area contributed by atoms with Crippen molar-refractivity contribution in [1.29, 1.82) is 0 Å². The van der Waals surface area contributed by atoms with E-state index in [2.05, 4.69) is 45.2 Å². The van der Waals surface area contributed by atoms with E-state index in [1.807, 2.05) is 31.3 Å². The smallest absolute Gasteiger partial charge is 0.310 e. The third-order valence-electron chi connectivity index (χ3n) is 3.59. The lowest BCUT2D eigenvalue weighted by atomic mass is 10.0.